The Balaban J connectivity index is 1.74. The number of fused-ring (bicyclic) bond motifs is 3. The van der Waals surface area contributed by atoms with Crippen molar-refractivity contribution in [3.8, 4) is 5.75 Å². The van der Waals surface area contributed by atoms with Crippen LogP contribution in [-0.2, 0) is 13.7 Å². The van der Waals surface area contributed by atoms with Gasteiger partial charge in [0.1, 0.15) is 18.6 Å². The number of rotatable bonds is 4. The zero-order valence-corrected chi connectivity index (χ0v) is 13.4. The van der Waals surface area contributed by atoms with Gasteiger partial charge in [-0.1, -0.05) is 42.5 Å². The minimum Gasteiger partial charge on any atom is -0.489 e. The quantitative estimate of drug-likeness (QED) is 0.510. The summed E-state index contributed by atoms with van der Waals surface area (Å²) in [6, 6.07) is 22.0. The molecule has 4 rings (SSSR count). The molecule has 4 aromatic rings. The first-order valence-electron chi connectivity index (χ1n) is 7.90. The van der Waals surface area contributed by atoms with Crippen LogP contribution in [0.3, 0.4) is 0 Å². The summed E-state index contributed by atoms with van der Waals surface area (Å²) in [7, 11) is 2.02. The van der Waals surface area contributed by atoms with Crippen molar-refractivity contribution in [2.24, 2.45) is 7.05 Å². The van der Waals surface area contributed by atoms with Crippen molar-refractivity contribution in [3.63, 3.8) is 0 Å². The molecule has 0 spiro atoms. The van der Waals surface area contributed by atoms with Crippen LogP contribution in [0.4, 0.5) is 0 Å². The third-order valence-corrected chi connectivity index (χ3v) is 4.39. The lowest BCUT2D eigenvalue weighted by Gasteiger charge is -2.06. The van der Waals surface area contributed by atoms with Crippen molar-refractivity contribution in [3.05, 3.63) is 77.9 Å². The maximum Gasteiger partial charge on any atom is 0.150 e. The fourth-order valence-electron chi connectivity index (χ4n) is 3.11. The molecule has 3 aromatic carbocycles. The van der Waals surface area contributed by atoms with E-state index in [2.05, 4.69) is 28.8 Å². The molecule has 0 bridgehead atoms. The van der Waals surface area contributed by atoms with Crippen LogP contribution in [-0.4, -0.2) is 10.9 Å². The Labute approximate surface area is 140 Å². The van der Waals surface area contributed by atoms with E-state index in [0.29, 0.717) is 12.2 Å². The number of aromatic nitrogens is 1. The fourth-order valence-corrected chi connectivity index (χ4v) is 3.11. The van der Waals surface area contributed by atoms with E-state index in [1.807, 2.05) is 49.5 Å². The standard InChI is InChI=1S/C21H17NO2/c1-22-20-10-8-17(24-14-15-5-3-2-4-6-15)12-19(20)18-9-7-16(13-23)11-21(18)22/h2-13H,14H2,1H3. The summed E-state index contributed by atoms with van der Waals surface area (Å²) in [5.41, 5.74) is 4.01. The number of hydrogen-bond donors (Lipinski definition) is 0. The minimum absolute atomic E-state index is 0.548. The molecule has 24 heavy (non-hydrogen) atoms. The van der Waals surface area contributed by atoms with Crippen LogP contribution < -0.4 is 4.74 Å². The number of nitrogens with zero attached hydrogens (tertiary/aromatic N) is 1. The smallest absolute Gasteiger partial charge is 0.150 e. The molecule has 0 saturated heterocycles. The molecule has 0 aliphatic heterocycles. The number of carbonyl (C=O) groups is 1. The highest BCUT2D eigenvalue weighted by Gasteiger charge is 2.10. The highest BCUT2D eigenvalue weighted by molar-refractivity contribution is 6.09. The first-order chi connectivity index (χ1) is 11.8. The molecule has 1 aromatic heterocycles. The molecule has 0 N–H and O–H groups in total. The predicted molar refractivity (Wildman–Crippen MR) is 96.6 cm³/mol. The van der Waals surface area contributed by atoms with Gasteiger partial charge in [-0.05, 0) is 29.8 Å². The monoisotopic (exact) mass is 315 g/mol. The van der Waals surface area contributed by atoms with Gasteiger partial charge in [0.25, 0.3) is 0 Å². The lowest BCUT2D eigenvalue weighted by Crippen LogP contribution is -1.94. The molecular formula is C21H17NO2. The van der Waals surface area contributed by atoms with Crippen molar-refractivity contribution in [1.29, 1.82) is 0 Å². The van der Waals surface area contributed by atoms with E-state index in [9.17, 15) is 4.79 Å². The van der Waals surface area contributed by atoms with Gasteiger partial charge in [-0.15, -0.1) is 0 Å². The van der Waals surface area contributed by atoms with Crippen molar-refractivity contribution in [2.75, 3.05) is 0 Å². The van der Waals surface area contributed by atoms with Crippen LogP contribution in [0.1, 0.15) is 15.9 Å². The number of carbonyl (C=O) groups excluding carboxylic acids is 1. The van der Waals surface area contributed by atoms with E-state index < -0.39 is 0 Å². The van der Waals surface area contributed by atoms with Gasteiger partial charge >= 0.3 is 0 Å². The Kier molecular flexibility index (Phi) is 3.54. The summed E-state index contributed by atoms with van der Waals surface area (Å²) < 4.78 is 8.05. The van der Waals surface area contributed by atoms with E-state index in [1.54, 1.807) is 0 Å². The van der Waals surface area contributed by atoms with E-state index in [4.69, 9.17) is 4.74 Å². The SMILES string of the molecule is Cn1c2ccc(OCc3ccccc3)cc2c2ccc(C=O)cc21. The van der Waals surface area contributed by atoms with Crippen LogP contribution >= 0.6 is 0 Å². The lowest BCUT2D eigenvalue weighted by atomic mass is 10.1. The summed E-state index contributed by atoms with van der Waals surface area (Å²) in [5.74, 6) is 0.846. The third kappa shape index (κ3) is 2.44. The average Bonchev–Trinajstić information content (AvgIpc) is 2.92. The molecule has 0 fully saturated rings. The molecule has 118 valence electrons. The molecule has 0 aliphatic rings. The van der Waals surface area contributed by atoms with Gasteiger partial charge in [-0.3, -0.25) is 4.79 Å². The highest BCUT2D eigenvalue weighted by atomic mass is 16.5. The number of hydrogen-bond acceptors (Lipinski definition) is 2. The summed E-state index contributed by atoms with van der Waals surface area (Å²) >= 11 is 0. The normalized spacial score (nSPS) is 11.0. The van der Waals surface area contributed by atoms with E-state index in [1.165, 1.54) is 0 Å². The van der Waals surface area contributed by atoms with Gasteiger partial charge in [0.2, 0.25) is 0 Å². The van der Waals surface area contributed by atoms with Crippen LogP contribution in [0.5, 0.6) is 5.75 Å². The van der Waals surface area contributed by atoms with Gasteiger partial charge < -0.3 is 9.30 Å². The second-order valence-electron chi connectivity index (χ2n) is 5.91. The van der Waals surface area contributed by atoms with Crippen LogP contribution in [0.25, 0.3) is 21.8 Å². The molecule has 0 atom stereocenters. The Bertz CT molecular complexity index is 1030. The second kappa shape index (κ2) is 5.85. The third-order valence-electron chi connectivity index (χ3n) is 4.39. The first-order valence-corrected chi connectivity index (χ1v) is 7.90. The molecule has 0 amide bonds. The largest absolute Gasteiger partial charge is 0.489 e. The van der Waals surface area contributed by atoms with E-state index in [-0.39, 0.29) is 0 Å². The van der Waals surface area contributed by atoms with E-state index >= 15 is 0 Å². The Morgan fingerprint density at radius 2 is 1.75 bits per heavy atom. The highest BCUT2D eigenvalue weighted by Crippen LogP contribution is 2.31. The lowest BCUT2D eigenvalue weighted by molar-refractivity contribution is 0.112. The Morgan fingerprint density at radius 3 is 2.54 bits per heavy atom. The van der Waals surface area contributed by atoms with Gasteiger partial charge in [0.05, 0.1) is 0 Å². The zero-order valence-electron chi connectivity index (χ0n) is 13.4. The Morgan fingerprint density at radius 1 is 0.917 bits per heavy atom. The molecule has 0 aliphatic carbocycles. The van der Waals surface area contributed by atoms with Crippen molar-refractivity contribution in [1.82, 2.24) is 4.57 Å². The topological polar surface area (TPSA) is 31.2 Å². The zero-order chi connectivity index (χ0) is 16.5. The maximum atomic E-state index is 11.0. The molecule has 3 nitrogen and oxygen atoms in total. The summed E-state index contributed by atoms with van der Waals surface area (Å²) in [6.07, 6.45) is 0.880. The van der Waals surface area contributed by atoms with Gasteiger partial charge in [0, 0.05) is 34.4 Å². The average molecular weight is 315 g/mol. The minimum atomic E-state index is 0.548. The molecule has 1 heterocycles. The number of aldehydes is 1. The summed E-state index contributed by atoms with van der Waals surface area (Å²) in [6.45, 7) is 0.548. The van der Waals surface area contributed by atoms with E-state index in [0.717, 1.165) is 39.4 Å². The number of ether oxygens (including phenoxy) is 1. The first kappa shape index (κ1) is 14.5. The van der Waals surface area contributed by atoms with Crippen molar-refractivity contribution in [2.45, 2.75) is 6.61 Å². The second-order valence-corrected chi connectivity index (χ2v) is 5.91. The van der Waals surface area contributed by atoms with Crippen LogP contribution in [0.2, 0.25) is 0 Å². The molecule has 3 heteroatoms. The van der Waals surface area contributed by atoms with Crippen LogP contribution in [0, 0.1) is 0 Å². The number of benzene rings is 3. The fraction of sp³-hybridized carbons (Fsp3) is 0.0952. The molecule has 0 unspecified atom stereocenters. The van der Waals surface area contributed by atoms with Gasteiger partial charge in [-0.25, -0.2) is 0 Å². The predicted octanol–water partition coefficient (Wildman–Crippen LogP) is 4.72. The van der Waals surface area contributed by atoms with Crippen molar-refractivity contribution < 1.29 is 9.53 Å². The molecule has 0 saturated carbocycles. The maximum absolute atomic E-state index is 11.0. The number of aryl methyl sites for hydroxylation is 1. The molecular weight excluding hydrogens is 298 g/mol. The van der Waals surface area contributed by atoms with Gasteiger partial charge in [-0.2, -0.15) is 0 Å². The molecule has 0 radical (unpaired) electrons. The van der Waals surface area contributed by atoms with Crippen LogP contribution in [0.15, 0.2) is 66.7 Å². The van der Waals surface area contributed by atoms with Gasteiger partial charge in [0.15, 0.2) is 0 Å². The van der Waals surface area contributed by atoms with Crippen molar-refractivity contribution >= 4 is 28.1 Å². The Hall–Kier alpha value is -3.07. The summed E-state index contributed by atoms with van der Waals surface area (Å²) in [5, 5.41) is 2.26. The summed E-state index contributed by atoms with van der Waals surface area (Å²) in [4.78, 5) is 11.0.